The monoisotopic (exact) mass is 386 g/mol. The molecule has 29 heavy (non-hydrogen) atoms. The Morgan fingerprint density at radius 2 is 1.72 bits per heavy atom. The molecule has 0 aromatic heterocycles. The number of rotatable bonds is 5. The van der Waals surface area contributed by atoms with Gasteiger partial charge in [0.15, 0.2) is 0 Å². The van der Waals surface area contributed by atoms with Crippen molar-refractivity contribution < 1.29 is 9.53 Å². The summed E-state index contributed by atoms with van der Waals surface area (Å²) in [4.78, 5) is 14.4. The molecule has 0 radical (unpaired) electrons. The van der Waals surface area contributed by atoms with Crippen LogP contribution in [0.4, 0.5) is 4.79 Å². The summed E-state index contributed by atoms with van der Waals surface area (Å²) in [5.41, 5.74) is 4.66. The molecule has 0 fully saturated rings. The first-order valence-electron chi connectivity index (χ1n) is 10.0. The van der Waals surface area contributed by atoms with Gasteiger partial charge in [-0.3, -0.25) is 0 Å². The van der Waals surface area contributed by atoms with E-state index in [1.54, 1.807) is 4.90 Å². The average molecular weight is 386 g/mol. The molecule has 1 aliphatic rings. The molecule has 1 atom stereocenters. The van der Waals surface area contributed by atoms with Crippen LogP contribution in [-0.2, 0) is 13.0 Å². The molecule has 0 aliphatic carbocycles. The van der Waals surface area contributed by atoms with Crippen molar-refractivity contribution in [3.8, 4) is 16.9 Å². The zero-order chi connectivity index (χ0) is 20.1. The molecule has 0 bridgehead atoms. The normalized spacial score (nSPS) is 15.1. The first-order valence-corrected chi connectivity index (χ1v) is 10.0. The maximum absolute atomic E-state index is 12.7. The topological polar surface area (TPSA) is 41.6 Å². The zero-order valence-electron chi connectivity index (χ0n) is 16.7. The van der Waals surface area contributed by atoms with E-state index in [2.05, 4.69) is 35.6 Å². The Hall–Kier alpha value is -3.27. The summed E-state index contributed by atoms with van der Waals surface area (Å²) in [5.74, 6) is 1.25. The molecule has 4 rings (SSSR count). The summed E-state index contributed by atoms with van der Waals surface area (Å²) in [6, 6.07) is 26.6. The molecular formula is C25H26N2O2. The number of carbonyl (C=O) groups excluding carboxylic acids is 1. The summed E-state index contributed by atoms with van der Waals surface area (Å²) >= 11 is 0. The van der Waals surface area contributed by atoms with E-state index in [0.717, 1.165) is 28.9 Å². The Morgan fingerprint density at radius 3 is 2.59 bits per heavy atom. The number of carbonyl (C=O) groups is 1. The van der Waals surface area contributed by atoms with Gasteiger partial charge in [-0.25, -0.2) is 4.79 Å². The Labute approximate surface area is 172 Å². The van der Waals surface area contributed by atoms with E-state index in [4.69, 9.17) is 4.74 Å². The van der Waals surface area contributed by atoms with Gasteiger partial charge in [-0.2, -0.15) is 0 Å². The van der Waals surface area contributed by atoms with Crippen molar-refractivity contribution in [1.82, 2.24) is 10.2 Å². The van der Waals surface area contributed by atoms with Crippen molar-refractivity contribution in [2.75, 3.05) is 20.2 Å². The third-order valence-corrected chi connectivity index (χ3v) is 5.35. The van der Waals surface area contributed by atoms with Gasteiger partial charge in [0.2, 0.25) is 0 Å². The fourth-order valence-electron chi connectivity index (χ4n) is 3.77. The van der Waals surface area contributed by atoms with Crippen molar-refractivity contribution in [2.24, 2.45) is 5.92 Å². The number of fused-ring (bicyclic) bond motifs is 1. The maximum atomic E-state index is 12.7. The molecule has 2 amide bonds. The third kappa shape index (κ3) is 4.60. The van der Waals surface area contributed by atoms with E-state index in [1.807, 2.05) is 55.6 Å². The number of benzene rings is 3. The summed E-state index contributed by atoms with van der Waals surface area (Å²) in [6.45, 7) is 1.80. The van der Waals surface area contributed by atoms with Gasteiger partial charge in [-0.1, -0.05) is 72.8 Å². The number of urea groups is 1. The third-order valence-electron chi connectivity index (χ3n) is 5.35. The highest BCUT2D eigenvalue weighted by Gasteiger charge is 2.21. The lowest BCUT2D eigenvalue weighted by Crippen LogP contribution is -2.41. The quantitative estimate of drug-likeness (QED) is 0.688. The van der Waals surface area contributed by atoms with Crippen LogP contribution in [0.5, 0.6) is 5.75 Å². The van der Waals surface area contributed by atoms with E-state index in [-0.39, 0.29) is 6.03 Å². The summed E-state index contributed by atoms with van der Waals surface area (Å²) in [6.07, 6.45) is 0.928. The van der Waals surface area contributed by atoms with Crippen LogP contribution in [0.25, 0.3) is 11.1 Å². The van der Waals surface area contributed by atoms with Crippen molar-refractivity contribution in [3.63, 3.8) is 0 Å². The molecule has 0 saturated heterocycles. The van der Waals surface area contributed by atoms with Crippen LogP contribution in [0.15, 0.2) is 78.9 Å². The Balaban J connectivity index is 1.35. The van der Waals surface area contributed by atoms with E-state index < -0.39 is 0 Å². The number of nitrogens with one attached hydrogen (secondary N) is 1. The van der Waals surface area contributed by atoms with Crippen LogP contribution >= 0.6 is 0 Å². The predicted molar refractivity (Wildman–Crippen MR) is 116 cm³/mol. The minimum absolute atomic E-state index is 0.0632. The number of ether oxygens (including phenoxy) is 1. The smallest absolute Gasteiger partial charge is 0.317 e. The van der Waals surface area contributed by atoms with E-state index in [1.165, 1.54) is 5.56 Å². The van der Waals surface area contributed by atoms with Gasteiger partial charge in [0, 0.05) is 26.1 Å². The lowest BCUT2D eigenvalue weighted by molar-refractivity contribution is 0.193. The van der Waals surface area contributed by atoms with Gasteiger partial charge in [0.1, 0.15) is 5.75 Å². The number of nitrogens with zero attached hydrogens (tertiary/aromatic N) is 1. The summed E-state index contributed by atoms with van der Waals surface area (Å²) in [7, 11) is 1.84. The average Bonchev–Trinajstić information content (AvgIpc) is 2.78. The van der Waals surface area contributed by atoms with Crippen LogP contribution in [0.3, 0.4) is 0 Å². The molecule has 3 aromatic rings. The van der Waals surface area contributed by atoms with Gasteiger partial charge >= 0.3 is 6.03 Å². The molecule has 0 spiro atoms. The molecule has 0 saturated carbocycles. The molecule has 4 heteroatoms. The molecule has 1 heterocycles. The van der Waals surface area contributed by atoms with Crippen molar-refractivity contribution >= 4 is 6.03 Å². The molecule has 1 N–H and O–H groups in total. The van der Waals surface area contributed by atoms with Gasteiger partial charge in [-0.15, -0.1) is 0 Å². The molecular weight excluding hydrogens is 360 g/mol. The fourth-order valence-corrected chi connectivity index (χ4v) is 3.77. The highest BCUT2D eigenvalue weighted by atomic mass is 16.5. The highest BCUT2D eigenvalue weighted by Crippen LogP contribution is 2.27. The standard InChI is InChI=1S/C25H26N2O2/c1-27(17-22-12-5-7-13-23(22)20-9-3-2-4-10-20)25(28)26-16-19-15-21-11-6-8-14-24(21)29-18-19/h2-14,19H,15-18H2,1H3,(H,26,28). The number of hydrogen-bond donors (Lipinski definition) is 1. The second-order valence-electron chi connectivity index (χ2n) is 7.55. The van der Waals surface area contributed by atoms with Crippen LogP contribution in [0.2, 0.25) is 0 Å². The van der Waals surface area contributed by atoms with Crippen molar-refractivity contribution in [3.05, 3.63) is 90.0 Å². The van der Waals surface area contributed by atoms with E-state index in [0.29, 0.717) is 25.6 Å². The van der Waals surface area contributed by atoms with Gasteiger partial charge in [0.05, 0.1) is 6.61 Å². The molecule has 1 unspecified atom stereocenters. The fraction of sp³-hybridized carbons (Fsp3) is 0.240. The highest BCUT2D eigenvalue weighted by molar-refractivity contribution is 5.75. The minimum atomic E-state index is -0.0632. The zero-order valence-corrected chi connectivity index (χ0v) is 16.7. The second-order valence-corrected chi connectivity index (χ2v) is 7.55. The Morgan fingerprint density at radius 1 is 1.00 bits per heavy atom. The van der Waals surface area contributed by atoms with Crippen LogP contribution in [-0.4, -0.2) is 31.1 Å². The molecule has 148 valence electrons. The second kappa shape index (κ2) is 8.82. The number of amides is 2. The first-order chi connectivity index (χ1) is 14.2. The van der Waals surface area contributed by atoms with Crippen molar-refractivity contribution in [1.29, 1.82) is 0 Å². The minimum Gasteiger partial charge on any atom is -0.493 e. The van der Waals surface area contributed by atoms with Gasteiger partial charge in [0.25, 0.3) is 0 Å². The van der Waals surface area contributed by atoms with Crippen LogP contribution in [0, 0.1) is 5.92 Å². The summed E-state index contributed by atoms with van der Waals surface area (Å²) in [5, 5.41) is 3.07. The van der Waals surface area contributed by atoms with Gasteiger partial charge in [-0.05, 0) is 34.7 Å². The largest absolute Gasteiger partial charge is 0.493 e. The summed E-state index contributed by atoms with van der Waals surface area (Å²) < 4.78 is 5.82. The lowest BCUT2D eigenvalue weighted by atomic mass is 9.97. The Kier molecular flexibility index (Phi) is 5.80. The maximum Gasteiger partial charge on any atom is 0.317 e. The first kappa shape index (κ1) is 19.1. The number of para-hydroxylation sites is 1. The lowest BCUT2D eigenvalue weighted by Gasteiger charge is -2.26. The Bertz CT molecular complexity index is 971. The van der Waals surface area contributed by atoms with Crippen LogP contribution < -0.4 is 10.1 Å². The number of hydrogen-bond acceptors (Lipinski definition) is 2. The SMILES string of the molecule is CN(Cc1ccccc1-c1ccccc1)C(=O)NCC1COc2ccccc2C1. The molecule has 4 nitrogen and oxygen atoms in total. The van der Waals surface area contributed by atoms with E-state index in [9.17, 15) is 4.79 Å². The van der Waals surface area contributed by atoms with Crippen molar-refractivity contribution in [2.45, 2.75) is 13.0 Å². The van der Waals surface area contributed by atoms with Crippen LogP contribution in [0.1, 0.15) is 11.1 Å². The molecule has 3 aromatic carbocycles. The van der Waals surface area contributed by atoms with E-state index >= 15 is 0 Å². The van der Waals surface area contributed by atoms with Gasteiger partial charge < -0.3 is 15.0 Å². The molecule has 1 aliphatic heterocycles. The predicted octanol–water partition coefficient (Wildman–Crippen LogP) is 4.75.